The first-order chi connectivity index (χ1) is 6.77. The van der Waals surface area contributed by atoms with E-state index < -0.39 is 0 Å². The quantitative estimate of drug-likeness (QED) is 0.683. The molecule has 0 atom stereocenters. The minimum absolute atomic E-state index is 0.514. The Kier molecular flexibility index (Phi) is 4.49. The van der Waals surface area contributed by atoms with Crippen LogP contribution in [0.15, 0.2) is 24.3 Å². The molecule has 2 heteroatoms. The maximum Gasteiger partial charge on any atom is 0.101 e. The second kappa shape index (κ2) is 5.67. The van der Waals surface area contributed by atoms with E-state index >= 15 is 0 Å². The number of benzene rings is 1. The standard InChI is InChI=1S/C7H4ClN.C5H10/c8-7-4-2-1-3-6(7)5-9;1-2-5-3-4-5/h1-4H;5H,2-4H2,1H3. The first kappa shape index (κ1) is 11.1. The van der Waals surface area contributed by atoms with Gasteiger partial charge < -0.3 is 0 Å². The number of hydrogen-bond donors (Lipinski definition) is 0. The molecule has 0 bridgehead atoms. The second-order valence-electron chi connectivity index (χ2n) is 3.44. The number of nitrogens with zero attached hydrogens (tertiary/aromatic N) is 1. The summed E-state index contributed by atoms with van der Waals surface area (Å²) in [5.41, 5.74) is 0.527. The lowest BCUT2D eigenvalue weighted by atomic mass is 10.2. The molecule has 0 aliphatic heterocycles. The number of nitriles is 1. The van der Waals surface area contributed by atoms with Gasteiger partial charge in [0.2, 0.25) is 0 Å². The molecule has 0 amide bonds. The van der Waals surface area contributed by atoms with Crippen LogP contribution in [-0.4, -0.2) is 0 Å². The van der Waals surface area contributed by atoms with E-state index in [1.807, 2.05) is 6.07 Å². The number of rotatable bonds is 1. The number of hydrogen-bond acceptors (Lipinski definition) is 1. The normalized spacial score (nSPS) is 13.8. The number of halogens is 1. The lowest BCUT2D eigenvalue weighted by molar-refractivity contribution is 0.799. The molecule has 1 fully saturated rings. The van der Waals surface area contributed by atoms with Gasteiger partial charge in [-0.1, -0.05) is 49.9 Å². The molecule has 1 aliphatic carbocycles. The average Bonchev–Trinajstić information content (AvgIpc) is 3.03. The molecule has 0 saturated heterocycles. The third kappa shape index (κ3) is 3.81. The highest BCUT2D eigenvalue weighted by atomic mass is 35.5. The molecule has 0 heterocycles. The van der Waals surface area contributed by atoms with Crippen LogP contribution in [-0.2, 0) is 0 Å². The van der Waals surface area contributed by atoms with E-state index in [1.54, 1.807) is 24.3 Å². The molecule has 0 aromatic heterocycles. The molecular formula is C12H14ClN. The summed E-state index contributed by atoms with van der Waals surface area (Å²) in [6.07, 6.45) is 4.44. The Hall–Kier alpha value is -1.00. The largest absolute Gasteiger partial charge is 0.192 e. The van der Waals surface area contributed by atoms with Gasteiger partial charge in [0.25, 0.3) is 0 Å². The molecule has 1 aromatic carbocycles. The van der Waals surface area contributed by atoms with Gasteiger partial charge in [0.1, 0.15) is 6.07 Å². The third-order valence-corrected chi connectivity index (χ3v) is 2.60. The highest BCUT2D eigenvalue weighted by Crippen LogP contribution is 2.31. The molecule has 1 aromatic rings. The first-order valence-electron chi connectivity index (χ1n) is 4.92. The summed E-state index contributed by atoms with van der Waals surface area (Å²) >= 11 is 5.60. The Labute approximate surface area is 90.3 Å². The molecule has 1 aliphatic rings. The van der Waals surface area contributed by atoms with Gasteiger partial charge in [-0.25, -0.2) is 0 Å². The zero-order valence-electron chi connectivity index (χ0n) is 8.33. The Morgan fingerprint density at radius 1 is 1.43 bits per heavy atom. The Morgan fingerprint density at radius 3 is 2.36 bits per heavy atom. The smallest absolute Gasteiger partial charge is 0.101 e. The lowest BCUT2D eigenvalue weighted by Gasteiger charge is -1.88. The minimum Gasteiger partial charge on any atom is -0.192 e. The zero-order chi connectivity index (χ0) is 10.4. The Bertz CT molecular complexity index is 323. The van der Waals surface area contributed by atoms with Crippen molar-refractivity contribution in [3.05, 3.63) is 34.9 Å². The van der Waals surface area contributed by atoms with Crippen LogP contribution in [0.5, 0.6) is 0 Å². The third-order valence-electron chi connectivity index (χ3n) is 2.27. The molecule has 0 N–H and O–H groups in total. The van der Waals surface area contributed by atoms with E-state index in [4.69, 9.17) is 16.9 Å². The average molecular weight is 208 g/mol. The fraction of sp³-hybridized carbons (Fsp3) is 0.417. The van der Waals surface area contributed by atoms with Gasteiger partial charge in [0.05, 0.1) is 10.6 Å². The van der Waals surface area contributed by atoms with Crippen molar-refractivity contribution in [2.75, 3.05) is 0 Å². The predicted octanol–water partition coefficient (Wildman–Crippen LogP) is 4.02. The van der Waals surface area contributed by atoms with Crippen molar-refractivity contribution in [2.45, 2.75) is 26.2 Å². The van der Waals surface area contributed by atoms with E-state index in [9.17, 15) is 0 Å². The minimum atomic E-state index is 0.514. The van der Waals surface area contributed by atoms with Gasteiger partial charge in [-0.2, -0.15) is 5.26 Å². The fourth-order valence-electron chi connectivity index (χ4n) is 1.08. The molecule has 74 valence electrons. The molecule has 1 saturated carbocycles. The van der Waals surface area contributed by atoms with Crippen molar-refractivity contribution >= 4 is 11.6 Å². The van der Waals surface area contributed by atoms with Crippen LogP contribution in [0.3, 0.4) is 0 Å². The van der Waals surface area contributed by atoms with E-state index in [0.29, 0.717) is 10.6 Å². The van der Waals surface area contributed by atoms with Crippen molar-refractivity contribution in [2.24, 2.45) is 5.92 Å². The SMILES string of the molecule is CCC1CC1.N#Cc1ccccc1Cl. The van der Waals surface area contributed by atoms with Gasteiger partial charge in [-0.05, 0) is 18.1 Å². The van der Waals surface area contributed by atoms with Crippen LogP contribution in [0, 0.1) is 17.2 Å². The molecule has 1 nitrogen and oxygen atoms in total. The maximum atomic E-state index is 8.38. The van der Waals surface area contributed by atoms with Gasteiger partial charge in [0.15, 0.2) is 0 Å². The molecule has 0 spiro atoms. The summed E-state index contributed by atoms with van der Waals surface area (Å²) in [5, 5.41) is 8.90. The van der Waals surface area contributed by atoms with Gasteiger partial charge >= 0.3 is 0 Å². The molecule has 2 rings (SSSR count). The van der Waals surface area contributed by atoms with Gasteiger partial charge in [0, 0.05) is 0 Å². The summed E-state index contributed by atoms with van der Waals surface area (Å²) in [6, 6.07) is 8.92. The summed E-state index contributed by atoms with van der Waals surface area (Å²) in [6.45, 7) is 2.26. The van der Waals surface area contributed by atoms with E-state index in [2.05, 4.69) is 6.92 Å². The van der Waals surface area contributed by atoms with Crippen molar-refractivity contribution < 1.29 is 0 Å². The van der Waals surface area contributed by atoms with Crippen LogP contribution in [0.2, 0.25) is 5.02 Å². The summed E-state index contributed by atoms with van der Waals surface area (Å²) < 4.78 is 0. The maximum absolute atomic E-state index is 8.38. The fourth-order valence-corrected chi connectivity index (χ4v) is 1.26. The topological polar surface area (TPSA) is 23.8 Å². The summed E-state index contributed by atoms with van der Waals surface area (Å²) in [7, 11) is 0. The van der Waals surface area contributed by atoms with E-state index in [-0.39, 0.29) is 0 Å². The van der Waals surface area contributed by atoms with Crippen LogP contribution >= 0.6 is 11.6 Å². The van der Waals surface area contributed by atoms with Crippen molar-refractivity contribution in [3.8, 4) is 6.07 Å². The van der Waals surface area contributed by atoms with Crippen LogP contribution < -0.4 is 0 Å². The first-order valence-corrected chi connectivity index (χ1v) is 5.30. The molecular weight excluding hydrogens is 194 g/mol. The Balaban J connectivity index is 0.000000165. The monoisotopic (exact) mass is 207 g/mol. The van der Waals surface area contributed by atoms with Crippen molar-refractivity contribution in [1.29, 1.82) is 5.26 Å². The van der Waals surface area contributed by atoms with Crippen molar-refractivity contribution in [1.82, 2.24) is 0 Å². The zero-order valence-corrected chi connectivity index (χ0v) is 9.09. The van der Waals surface area contributed by atoms with Gasteiger partial charge in [-0.15, -0.1) is 0 Å². The summed E-state index contributed by atoms with van der Waals surface area (Å²) in [5.74, 6) is 1.13. The van der Waals surface area contributed by atoms with E-state index in [0.717, 1.165) is 5.92 Å². The summed E-state index contributed by atoms with van der Waals surface area (Å²) in [4.78, 5) is 0. The molecule has 0 unspecified atom stereocenters. The van der Waals surface area contributed by atoms with E-state index in [1.165, 1.54) is 19.3 Å². The highest BCUT2D eigenvalue weighted by Gasteiger charge is 2.17. The molecule has 0 radical (unpaired) electrons. The Morgan fingerprint density at radius 2 is 2.07 bits per heavy atom. The van der Waals surface area contributed by atoms with Crippen LogP contribution in [0.1, 0.15) is 31.7 Å². The van der Waals surface area contributed by atoms with Crippen molar-refractivity contribution in [3.63, 3.8) is 0 Å². The highest BCUT2D eigenvalue weighted by molar-refractivity contribution is 6.31. The second-order valence-corrected chi connectivity index (χ2v) is 3.85. The predicted molar refractivity (Wildman–Crippen MR) is 59.2 cm³/mol. The lowest BCUT2D eigenvalue weighted by Crippen LogP contribution is -1.71. The molecule has 14 heavy (non-hydrogen) atoms. The van der Waals surface area contributed by atoms with Crippen LogP contribution in [0.4, 0.5) is 0 Å². The van der Waals surface area contributed by atoms with Crippen LogP contribution in [0.25, 0.3) is 0 Å². The van der Waals surface area contributed by atoms with Gasteiger partial charge in [-0.3, -0.25) is 0 Å².